The third-order valence-electron chi connectivity index (χ3n) is 3.83. The van der Waals surface area contributed by atoms with Gasteiger partial charge >= 0.3 is 6.03 Å². The SMILES string of the molecule is COc1ccc(NC(=O)N(CCC(C)C)CC(=O)Nc2cc(C)on2)cc1. The third kappa shape index (κ3) is 6.65. The molecule has 1 aromatic heterocycles. The normalized spacial score (nSPS) is 10.6. The Kier molecular flexibility index (Phi) is 7.22. The standard InChI is InChI=1S/C19H26N4O4/c1-13(2)9-10-23(12-18(24)21-17-11-14(3)27-22-17)19(25)20-15-5-7-16(26-4)8-6-15/h5-8,11,13H,9-10,12H2,1-4H3,(H,20,25)(H,21,22,24). The fourth-order valence-electron chi connectivity index (χ4n) is 2.32. The Bertz CT molecular complexity index is 755. The van der Waals surface area contributed by atoms with E-state index in [1.807, 2.05) is 0 Å². The number of aromatic nitrogens is 1. The second kappa shape index (κ2) is 9.61. The summed E-state index contributed by atoms with van der Waals surface area (Å²) in [5.41, 5.74) is 0.628. The number of methoxy groups -OCH3 is 1. The minimum atomic E-state index is -0.340. The van der Waals surface area contributed by atoms with Crippen LogP contribution in [0.1, 0.15) is 26.0 Å². The van der Waals surface area contributed by atoms with Crippen molar-refractivity contribution in [2.24, 2.45) is 5.92 Å². The molecule has 8 nitrogen and oxygen atoms in total. The van der Waals surface area contributed by atoms with Crippen LogP contribution in [0, 0.1) is 12.8 Å². The molecule has 2 rings (SSSR count). The van der Waals surface area contributed by atoms with Crippen molar-refractivity contribution in [2.75, 3.05) is 30.8 Å². The second-order valence-corrected chi connectivity index (χ2v) is 6.63. The van der Waals surface area contributed by atoms with Crippen LogP contribution in [0.3, 0.4) is 0 Å². The Labute approximate surface area is 158 Å². The van der Waals surface area contributed by atoms with Gasteiger partial charge in [-0.25, -0.2) is 4.79 Å². The molecule has 1 heterocycles. The summed E-state index contributed by atoms with van der Waals surface area (Å²) in [5, 5.41) is 9.17. The highest BCUT2D eigenvalue weighted by Crippen LogP contribution is 2.16. The number of hydrogen-bond donors (Lipinski definition) is 2. The number of aryl methyl sites for hydroxylation is 1. The number of amides is 3. The Hall–Kier alpha value is -3.03. The van der Waals surface area contributed by atoms with E-state index in [1.165, 1.54) is 4.90 Å². The Morgan fingerprint density at radius 2 is 1.93 bits per heavy atom. The average Bonchev–Trinajstić information content (AvgIpc) is 3.03. The van der Waals surface area contributed by atoms with Crippen molar-refractivity contribution < 1.29 is 18.8 Å². The lowest BCUT2D eigenvalue weighted by molar-refractivity contribution is -0.116. The summed E-state index contributed by atoms with van der Waals surface area (Å²) < 4.78 is 10.0. The van der Waals surface area contributed by atoms with Crippen molar-refractivity contribution in [3.63, 3.8) is 0 Å². The summed E-state index contributed by atoms with van der Waals surface area (Å²) in [6, 6.07) is 8.28. The molecule has 1 aromatic carbocycles. The van der Waals surface area contributed by atoms with E-state index in [9.17, 15) is 9.59 Å². The van der Waals surface area contributed by atoms with Crippen LogP contribution in [0.2, 0.25) is 0 Å². The van der Waals surface area contributed by atoms with Gasteiger partial charge in [-0.2, -0.15) is 0 Å². The van der Waals surface area contributed by atoms with Gasteiger partial charge in [-0.1, -0.05) is 19.0 Å². The Morgan fingerprint density at radius 3 is 2.48 bits per heavy atom. The molecule has 0 atom stereocenters. The van der Waals surface area contributed by atoms with E-state index in [-0.39, 0.29) is 18.5 Å². The first-order valence-electron chi connectivity index (χ1n) is 8.80. The quantitative estimate of drug-likeness (QED) is 0.737. The van der Waals surface area contributed by atoms with E-state index in [0.717, 1.165) is 6.42 Å². The molecule has 0 unspecified atom stereocenters. The number of carbonyl (C=O) groups excluding carboxylic acids is 2. The first-order valence-corrected chi connectivity index (χ1v) is 8.80. The highest BCUT2D eigenvalue weighted by atomic mass is 16.5. The van der Waals surface area contributed by atoms with E-state index >= 15 is 0 Å². The largest absolute Gasteiger partial charge is 0.497 e. The number of carbonyl (C=O) groups is 2. The molecular formula is C19H26N4O4. The van der Waals surface area contributed by atoms with Crippen LogP contribution in [0.4, 0.5) is 16.3 Å². The van der Waals surface area contributed by atoms with Crippen molar-refractivity contribution in [3.05, 3.63) is 36.1 Å². The molecular weight excluding hydrogens is 348 g/mol. The van der Waals surface area contributed by atoms with Crippen LogP contribution in [0.5, 0.6) is 5.75 Å². The van der Waals surface area contributed by atoms with E-state index in [0.29, 0.717) is 35.5 Å². The maximum atomic E-state index is 12.6. The molecule has 27 heavy (non-hydrogen) atoms. The molecule has 3 amide bonds. The lowest BCUT2D eigenvalue weighted by atomic mass is 10.1. The highest BCUT2D eigenvalue weighted by Gasteiger charge is 2.18. The number of urea groups is 1. The highest BCUT2D eigenvalue weighted by molar-refractivity contribution is 5.96. The topological polar surface area (TPSA) is 96.7 Å². The molecule has 8 heteroatoms. The molecule has 0 saturated heterocycles. The van der Waals surface area contributed by atoms with Gasteiger partial charge in [0.1, 0.15) is 18.1 Å². The average molecular weight is 374 g/mol. The van der Waals surface area contributed by atoms with Gasteiger partial charge in [0, 0.05) is 18.3 Å². The van der Waals surface area contributed by atoms with Crippen molar-refractivity contribution in [1.29, 1.82) is 0 Å². The lowest BCUT2D eigenvalue weighted by Crippen LogP contribution is -2.41. The van der Waals surface area contributed by atoms with E-state index < -0.39 is 0 Å². The molecule has 146 valence electrons. The molecule has 0 aliphatic carbocycles. The molecule has 0 aliphatic heterocycles. The first-order chi connectivity index (χ1) is 12.9. The van der Waals surface area contributed by atoms with E-state index in [2.05, 4.69) is 29.6 Å². The summed E-state index contributed by atoms with van der Waals surface area (Å²) in [5.74, 6) is 1.70. The zero-order valence-electron chi connectivity index (χ0n) is 16.1. The van der Waals surface area contributed by atoms with Crippen molar-refractivity contribution in [3.8, 4) is 5.75 Å². The molecule has 0 fully saturated rings. The van der Waals surface area contributed by atoms with Crippen LogP contribution in [0.15, 0.2) is 34.9 Å². The lowest BCUT2D eigenvalue weighted by Gasteiger charge is -2.23. The van der Waals surface area contributed by atoms with Gasteiger partial charge < -0.3 is 24.8 Å². The fraction of sp³-hybridized carbons (Fsp3) is 0.421. The van der Waals surface area contributed by atoms with Crippen LogP contribution in [0.25, 0.3) is 0 Å². The van der Waals surface area contributed by atoms with Crippen LogP contribution in [-0.2, 0) is 4.79 Å². The summed E-state index contributed by atoms with van der Waals surface area (Å²) >= 11 is 0. The van der Waals surface area contributed by atoms with Gasteiger partial charge in [0.25, 0.3) is 0 Å². The Balaban J connectivity index is 2.00. The predicted molar refractivity (Wildman–Crippen MR) is 103 cm³/mol. The van der Waals surface area contributed by atoms with Gasteiger partial charge in [0.2, 0.25) is 5.91 Å². The monoisotopic (exact) mass is 374 g/mol. The number of ether oxygens (including phenoxy) is 1. The predicted octanol–water partition coefficient (Wildman–Crippen LogP) is 3.51. The fourth-order valence-corrected chi connectivity index (χ4v) is 2.32. The molecule has 2 N–H and O–H groups in total. The van der Waals surface area contributed by atoms with Crippen LogP contribution < -0.4 is 15.4 Å². The van der Waals surface area contributed by atoms with Crippen molar-refractivity contribution in [1.82, 2.24) is 10.1 Å². The minimum absolute atomic E-state index is 0.0827. The molecule has 0 bridgehead atoms. The van der Waals surface area contributed by atoms with Gasteiger partial charge in [-0.15, -0.1) is 0 Å². The van der Waals surface area contributed by atoms with Gasteiger partial charge in [-0.05, 0) is 43.5 Å². The number of hydrogen-bond acceptors (Lipinski definition) is 5. The zero-order valence-corrected chi connectivity index (χ0v) is 16.1. The number of rotatable bonds is 8. The number of benzene rings is 1. The smallest absolute Gasteiger partial charge is 0.322 e. The van der Waals surface area contributed by atoms with Crippen molar-refractivity contribution >= 4 is 23.4 Å². The van der Waals surface area contributed by atoms with Crippen LogP contribution >= 0.6 is 0 Å². The number of nitrogens with zero attached hydrogens (tertiary/aromatic N) is 2. The van der Waals surface area contributed by atoms with Gasteiger partial charge in [0.15, 0.2) is 5.82 Å². The van der Waals surface area contributed by atoms with Gasteiger partial charge in [-0.3, -0.25) is 4.79 Å². The first kappa shape index (κ1) is 20.3. The molecule has 0 radical (unpaired) electrons. The summed E-state index contributed by atoms with van der Waals surface area (Å²) in [7, 11) is 1.58. The summed E-state index contributed by atoms with van der Waals surface area (Å²) in [4.78, 5) is 26.4. The number of nitrogens with one attached hydrogen (secondary N) is 2. The minimum Gasteiger partial charge on any atom is -0.497 e. The van der Waals surface area contributed by atoms with Gasteiger partial charge in [0.05, 0.1) is 7.11 Å². The second-order valence-electron chi connectivity index (χ2n) is 6.63. The molecule has 0 saturated carbocycles. The zero-order chi connectivity index (χ0) is 19.8. The molecule has 0 aliphatic rings. The summed E-state index contributed by atoms with van der Waals surface area (Å²) in [6.45, 7) is 6.25. The Morgan fingerprint density at radius 1 is 1.22 bits per heavy atom. The van der Waals surface area contributed by atoms with Crippen molar-refractivity contribution in [2.45, 2.75) is 27.2 Å². The van der Waals surface area contributed by atoms with E-state index in [4.69, 9.17) is 9.26 Å². The third-order valence-corrected chi connectivity index (χ3v) is 3.83. The maximum absolute atomic E-state index is 12.6. The summed E-state index contributed by atoms with van der Waals surface area (Å²) in [6.07, 6.45) is 0.784. The molecule has 2 aromatic rings. The number of anilines is 2. The maximum Gasteiger partial charge on any atom is 0.322 e. The molecule has 0 spiro atoms. The van der Waals surface area contributed by atoms with Crippen LogP contribution in [-0.4, -0.2) is 42.2 Å². The van der Waals surface area contributed by atoms with E-state index in [1.54, 1.807) is 44.4 Å².